The smallest absolute Gasteiger partial charge is 0.166 e. The monoisotopic (exact) mass is 261 g/mol. The summed E-state index contributed by atoms with van der Waals surface area (Å²) in [6, 6.07) is 9.77. The molecule has 0 spiro atoms. The molecule has 2 rings (SSSR count). The van der Waals surface area contributed by atoms with Crippen molar-refractivity contribution in [3.63, 3.8) is 0 Å². The van der Waals surface area contributed by atoms with Gasteiger partial charge < -0.3 is 10.5 Å². The SMILES string of the molecule is CCOC1=C(N)S(=C=O)C(c2ccccc2)=C1C. The average molecular weight is 261 g/mol. The van der Waals surface area contributed by atoms with Crippen molar-refractivity contribution in [1.82, 2.24) is 0 Å². The molecule has 2 N–H and O–H groups in total. The molecule has 1 aliphatic rings. The van der Waals surface area contributed by atoms with Crippen molar-refractivity contribution in [1.29, 1.82) is 0 Å². The molecule has 1 atom stereocenters. The van der Waals surface area contributed by atoms with Gasteiger partial charge in [0.25, 0.3) is 0 Å². The summed E-state index contributed by atoms with van der Waals surface area (Å²) in [6.45, 7) is 4.37. The fraction of sp³-hybridized carbons (Fsp3) is 0.214. The Hall–Kier alpha value is -1.77. The predicted molar refractivity (Wildman–Crippen MR) is 75.2 cm³/mol. The number of ether oxygens (including phenoxy) is 1. The number of carbonyl (C=O) groups excluding carboxylic acids is 1. The van der Waals surface area contributed by atoms with Crippen LogP contribution in [0.5, 0.6) is 0 Å². The molecule has 1 aromatic carbocycles. The maximum absolute atomic E-state index is 11.2. The molecule has 3 nitrogen and oxygen atoms in total. The van der Waals surface area contributed by atoms with E-state index in [1.54, 1.807) is 0 Å². The fourth-order valence-corrected chi connectivity index (χ4v) is 3.54. The third-order valence-electron chi connectivity index (χ3n) is 2.74. The lowest BCUT2D eigenvalue weighted by molar-refractivity contribution is 0.237. The normalized spacial score (nSPS) is 19.1. The van der Waals surface area contributed by atoms with Crippen LogP contribution in [-0.2, 0) is 9.53 Å². The van der Waals surface area contributed by atoms with E-state index in [-0.39, 0.29) is 0 Å². The second kappa shape index (κ2) is 5.25. The van der Waals surface area contributed by atoms with E-state index in [1.165, 1.54) is 0 Å². The Morgan fingerprint density at radius 1 is 1.33 bits per heavy atom. The molecule has 0 aromatic heterocycles. The highest BCUT2D eigenvalue weighted by atomic mass is 32.2. The van der Waals surface area contributed by atoms with Crippen LogP contribution in [0.25, 0.3) is 4.91 Å². The molecule has 0 amide bonds. The molecule has 18 heavy (non-hydrogen) atoms. The van der Waals surface area contributed by atoms with Crippen molar-refractivity contribution >= 4 is 20.6 Å². The molecular formula is C14H15NO2S. The molecule has 94 valence electrons. The van der Waals surface area contributed by atoms with E-state index in [9.17, 15) is 4.79 Å². The number of rotatable bonds is 3. The minimum absolute atomic E-state index is 0.489. The lowest BCUT2D eigenvalue weighted by atomic mass is 10.1. The van der Waals surface area contributed by atoms with Gasteiger partial charge in [-0.1, -0.05) is 30.3 Å². The highest BCUT2D eigenvalue weighted by Gasteiger charge is 2.27. The van der Waals surface area contributed by atoms with Crippen molar-refractivity contribution in [2.75, 3.05) is 6.61 Å². The molecular weight excluding hydrogens is 246 g/mol. The third kappa shape index (κ3) is 2.01. The van der Waals surface area contributed by atoms with Gasteiger partial charge in [-0.25, -0.2) is 4.79 Å². The second-order valence-electron chi connectivity index (χ2n) is 3.84. The van der Waals surface area contributed by atoms with Crippen LogP contribution in [0.15, 0.2) is 46.7 Å². The van der Waals surface area contributed by atoms with Crippen molar-refractivity contribution in [2.24, 2.45) is 5.73 Å². The predicted octanol–water partition coefficient (Wildman–Crippen LogP) is 2.93. The number of allylic oxidation sites excluding steroid dienone is 1. The molecule has 0 saturated carbocycles. The molecule has 1 unspecified atom stereocenters. The second-order valence-corrected chi connectivity index (χ2v) is 5.46. The van der Waals surface area contributed by atoms with Gasteiger partial charge in [-0.2, -0.15) is 0 Å². The first-order chi connectivity index (χ1) is 8.70. The Balaban J connectivity index is 2.58. The Morgan fingerprint density at radius 2 is 2.00 bits per heavy atom. The van der Waals surface area contributed by atoms with Crippen LogP contribution in [0.3, 0.4) is 0 Å². The van der Waals surface area contributed by atoms with Gasteiger partial charge >= 0.3 is 0 Å². The van der Waals surface area contributed by atoms with Crippen molar-refractivity contribution in [3.8, 4) is 0 Å². The summed E-state index contributed by atoms with van der Waals surface area (Å²) < 4.78 is 5.54. The minimum atomic E-state index is -0.823. The van der Waals surface area contributed by atoms with E-state index in [1.807, 2.05) is 49.4 Å². The van der Waals surface area contributed by atoms with Gasteiger partial charge in [-0.15, -0.1) is 0 Å². The van der Waals surface area contributed by atoms with Gasteiger partial charge in [0.05, 0.1) is 6.61 Å². The number of hydrogen-bond acceptors (Lipinski definition) is 3. The van der Waals surface area contributed by atoms with E-state index < -0.39 is 10.5 Å². The molecule has 4 heteroatoms. The highest BCUT2D eigenvalue weighted by molar-refractivity contribution is 8.25. The molecule has 0 radical (unpaired) electrons. The summed E-state index contributed by atoms with van der Waals surface area (Å²) >= 11 is 0. The van der Waals surface area contributed by atoms with Gasteiger partial charge in [0.2, 0.25) is 0 Å². The van der Waals surface area contributed by atoms with Crippen LogP contribution in [0, 0.1) is 0 Å². The Kier molecular flexibility index (Phi) is 3.70. The van der Waals surface area contributed by atoms with Crippen LogP contribution in [0.4, 0.5) is 0 Å². The minimum Gasteiger partial charge on any atom is -0.491 e. The van der Waals surface area contributed by atoms with E-state index in [0.717, 1.165) is 16.0 Å². The third-order valence-corrected chi connectivity index (χ3v) is 4.48. The number of benzene rings is 1. The first-order valence-electron chi connectivity index (χ1n) is 5.72. The summed E-state index contributed by atoms with van der Waals surface area (Å²) in [7, 11) is -0.823. The van der Waals surface area contributed by atoms with Crippen LogP contribution in [-0.4, -0.2) is 11.8 Å². The molecule has 1 heterocycles. The first kappa shape index (κ1) is 12.7. The maximum atomic E-state index is 11.2. The van der Waals surface area contributed by atoms with Crippen LogP contribution < -0.4 is 5.73 Å². The zero-order valence-electron chi connectivity index (χ0n) is 10.4. The van der Waals surface area contributed by atoms with Crippen LogP contribution in [0.2, 0.25) is 0 Å². The molecule has 1 aliphatic heterocycles. The first-order valence-corrected chi connectivity index (χ1v) is 6.94. The van der Waals surface area contributed by atoms with Gasteiger partial charge in [0, 0.05) is 10.5 Å². The van der Waals surface area contributed by atoms with E-state index in [0.29, 0.717) is 17.4 Å². The lowest BCUT2D eigenvalue weighted by Crippen LogP contribution is -2.00. The average Bonchev–Trinajstić information content (AvgIpc) is 2.64. The van der Waals surface area contributed by atoms with Crippen molar-refractivity contribution in [2.45, 2.75) is 13.8 Å². The topological polar surface area (TPSA) is 52.3 Å². The highest BCUT2D eigenvalue weighted by Crippen LogP contribution is 2.49. The quantitative estimate of drug-likeness (QED) is 0.851. The van der Waals surface area contributed by atoms with E-state index in [2.05, 4.69) is 0 Å². The van der Waals surface area contributed by atoms with Gasteiger partial charge in [-0.05, 0) is 29.9 Å². The van der Waals surface area contributed by atoms with Crippen molar-refractivity contribution in [3.05, 3.63) is 52.3 Å². The van der Waals surface area contributed by atoms with Crippen LogP contribution >= 0.6 is 10.5 Å². The van der Waals surface area contributed by atoms with E-state index in [4.69, 9.17) is 10.5 Å². The van der Waals surface area contributed by atoms with E-state index >= 15 is 0 Å². The van der Waals surface area contributed by atoms with Crippen LogP contribution in [0.1, 0.15) is 19.4 Å². The zero-order valence-corrected chi connectivity index (χ0v) is 11.2. The molecule has 0 saturated heterocycles. The maximum Gasteiger partial charge on any atom is 0.166 e. The Morgan fingerprint density at radius 3 is 2.56 bits per heavy atom. The molecule has 0 bridgehead atoms. The van der Waals surface area contributed by atoms with Gasteiger partial charge in [0.1, 0.15) is 5.03 Å². The molecule has 0 fully saturated rings. The lowest BCUT2D eigenvalue weighted by Gasteiger charge is -2.06. The summed E-state index contributed by atoms with van der Waals surface area (Å²) in [6.07, 6.45) is 0. The number of nitrogens with two attached hydrogens (primary N) is 1. The summed E-state index contributed by atoms with van der Waals surface area (Å²) in [4.78, 5) is 12.1. The number of hydrogen-bond donors (Lipinski definition) is 1. The largest absolute Gasteiger partial charge is 0.491 e. The summed E-state index contributed by atoms with van der Waals surface area (Å²) in [5.41, 5.74) is 7.94. The fourth-order valence-electron chi connectivity index (χ4n) is 1.98. The molecule has 0 aliphatic carbocycles. The zero-order chi connectivity index (χ0) is 13.1. The summed E-state index contributed by atoms with van der Waals surface area (Å²) in [5.74, 6) is 0.642. The molecule has 1 aromatic rings. The van der Waals surface area contributed by atoms with Crippen molar-refractivity contribution < 1.29 is 9.53 Å². The van der Waals surface area contributed by atoms with Gasteiger partial charge in [0.15, 0.2) is 11.0 Å². The van der Waals surface area contributed by atoms with Gasteiger partial charge in [-0.3, -0.25) is 0 Å². The summed E-state index contributed by atoms with van der Waals surface area (Å²) in [5, 5.41) is 2.53. The Bertz CT molecular complexity index is 581. The standard InChI is InChI=1S/C14H15NO2S/c1-3-17-12-10(2)13(18(9-16)14(12)15)11-7-5-4-6-8-11/h4-8H,3,15H2,1-2H3. The Labute approximate surface area is 109 Å².